The third-order valence-corrected chi connectivity index (χ3v) is 6.34. The van der Waals surface area contributed by atoms with Crippen LogP contribution in [0.2, 0.25) is 5.02 Å². The van der Waals surface area contributed by atoms with Gasteiger partial charge in [-0.3, -0.25) is 14.7 Å². The van der Waals surface area contributed by atoms with Crippen LogP contribution < -0.4 is 4.74 Å². The number of aryl methyl sites for hydroxylation is 1. The molecule has 38 heavy (non-hydrogen) atoms. The van der Waals surface area contributed by atoms with Crippen molar-refractivity contribution in [2.45, 2.75) is 45.3 Å². The lowest BCUT2D eigenvalue weighted by atomic mass is 10.0. The number of hydrogen-bond acceptors (Lipinski definition) is 4. The van der Waals surface area contributed by atoms with Crippen molar-refractivity contribution >= 4 is 30.0 Å². The molecular weight excluding hydrogens is 540 g/mol. The van der Waals surface area contributed by atoms with Gasteiger partial charge in [0.2, 0.25) is 0 Å². The zero-order valence-corrected chi connectivity index (χ0v) is 22.7. The van der Waals surface area contributed by atoms with Crippen LogP contribution in [-0.4, -0.2) is 40.7 Å². The molecule has 5 nitrogen and oxygen atoms in total. The Kier molecular flexibility index (Phi) is 11.9. The van der Waals surface area contributed by atoms with E-state index in [2.05, 4.69) is 9.88 Å². The smallest absolute Gasteiger partial charge is 0.417 e. The maximum atomic E-state index is 13.4. The van der Waals surface area contributed by atoms with Crippen LogP contribution in [0.15, 0.2) is 60.8 Å². The third-order valence-electron chi connectivity index (χ3n) is 5.89. The summed E-state index contributed by atoms with van der Waals surface area (Å²) in [5.41, 5.74) is 2.20. The summed E-state index contributed by atoms with van der Waals surface area (Å²) in [6, 6.07) is 14.8. The molecule has 0 amide bonds. The largest absolute Gasteiger partial charge is 0.494 e. The zero-order chi connectivity index (χ0) is 27.0. The minimum atomic E-state index is -4.53. The Balaban J connectivity index is 0.00000507. The van der Waals surface area contributed by atoms with E-state index in [1.807, 2.05) is 26.0 Å². The third kappa shape index (κ3) is 9.49. The average Bonchev–Trinajstić information content (AvgIpc) is 2.82. The molecule has 1 atom stereocenters. The number of alkyl halides is 3. The molecular formula is C28H31Cl2F3N2O3. The van der Waals surface area contributed by atoms with Gasteiger partial charge in [0.1, 0.15) is 5.75 Å². The van der Waals surface area contributed by atoms with Gasteiger partial charge in [-0.1, -0.05) is 42.8 Å². The fraction of sp³-hybridized carbons (Fsp3) is 0.357. The maximum absolute atomic E-state index is 13.4. The first-order valence-electron chi connectivity index (χ1n) is 12.0. The molecule has 0 aliphatic carbocycles. The Labute approximate surface area is 232 Å². The van der Waals surface area contributed by atoms with Crippen LogP contribution in [0.1, 0.15) is 47.2 Å². The molecule has 0 spiro atoms. The molecule has 0 aliphatic rings. The molecule has 0 aliphatic heterocycles. The van der Waals surface area contributed by atoms with Crippen molar-refractivity contribution in [3.8, 4) is 5.75 Å². The van der Waals surface area contributed by atoms with Crippen molar-refractivity contribution in [2.24, 2.45) is 0 Å². The molecule has 2 aromatic carbocycles. The minimum absolute atomic E-state index is 0. The van der Waals surface area contributed by atoms with Crippen molar-refractivity contribution < 1.29 is 27.8 Å². The van der Waals surface area contributed by atoms with Gasteiger partial charge in [-0.05, 0) is 60.4 Å². The van der Waals surface area contributed by atoms with Gasteiger partial charge in [-0.15, -0.1) is 12.4 Å². The molecule has 3 rings (SSSR count). The molecule has 1 N–H and O–H groups in total. The number of aromatic nitrogens is 1. The quantitative estimate of drug-likeness (QED) is 0.233. The van der Waals surface area contributed by atoms with E-state index in [-0.39, 0.29) is 36.3 Å². The lowest BCUT2D eigenvalue weighted by molar-refractivity contribution is -0.138. The highest BCUT2D eigenvalue weighted by atomic mass is 35.5. The second kappa shape index (κ2) is 14.4. The van der Waals surface area contributed by atoms with E-state index < -0.39 is 17.7 Å². The topological polar surface area (TPSA) is 62.7 Å². The second-order valence-electron chi connectivity index (χ2n) is 9.09. The van der Waals surface area contributed by atoms with Crippen LogP contribution in [0.25, 0.3) is 0 Å². The van der Waals surface area contributed by atoms with Gasteiger partial charge in [0.15, 0.2) is 0 Å². The van der Waals surface area contributed by atoms with Gasteiger partial charge >= 0.3 is 12.1 Å². The first kappa shape index (κ1) is 31.4. The van der Waals surface area contributed by atoms with E-state index in [1.165, 1.54) is 6.07 Å². The van der Waals surface area contributed by atoms with Gasteiger partial charge in [0, 0.05) is 37.4 Å². The molecule has 1 aromatic heterocycles. The Morgan fingerprint density at radius 2 is 1.89 bits per heavy atom. The summed E-state index contributed by atoms with van der Waals surface area (Å²) in [5, 5.41) is 8.70. The molecule has 3 aromatic rings. The number of carboxylic acid groups (broad SMARTS) is 1. The van der Waals surface area contributed by atoms with Crippen LogP contribution >= 0.6 is 24.0 Å². The monoisotopic (exact) mass is 570 g/mol. The van der Waals surface area contributed by atoms with Gasteiger partial charge in [0.25, 0.3) is 0 Å². The molecule has 10 heteroatoms. The molecule has 1 unspecified atom stereocenters. The van der Waals surface area contributed by atoms with E-state index in [0.717, 1.165) is 17.3 Å². The molecule has 0 radical (unpaired) electrons. The SMILES string of the molecule is Cc1ccnc(C(C)CN(CCCOc2cccc(CC(=O)O)c2)Cc2cccc(C(F)(F)F)c2Cl)c1.Cl. The highest BCUT2D eigenvalue weighted by Crippen LogP contribution is 2.36. The predicted octanol–water partition coefficient (Wildman–Crippen LogP) is 7.19. The summed E-state index contributed by atoms with van der Waals surface area (Å²) in [7, 11) is 0. The second-order valence-corrected chi connectivity index (χ2v) is 9.47. The number of halogens is 5. The van der Waals surface area contributed by atoms with Gasteiger partial charge in [-0.25, -0.2) is 0 Å². The van der Waals surface area contributed by atoms with Crippen molar-refractivity contribution in [2.75, 3.05) is 19.7 Å². The summed E-state index contributed by atoms with van der Waals surface area (Å²) < 4.78 is 46.0. The standard InChI is InChI=1S/C28H30ClF3N2O3.ClH/c1-19-10-11-33-25(14-19)20(2)17-34(18-22-7-4-9-24(27(22)29)28(30,31)32)12-5-13-37-23-8-3-6-21(15-23)16-26(35)36;/h3-4,6-11,14-15,20H,5,12-13,16-18H2,1-2H3,(H,35,36);1H. The zero-order valence-electron chi connectivity index (χ0n) is 21.2. The number of carbonyl (C=O) groups is 1. The summed E-state index contributed by atoms with van der Waals surface area (Å²) in [4.78, 5) is 17.5. The normalized spacial score (nSPS) is 12.2. The maximum Gasteiger partial charge on any atom is 0.417 e. The number of aliphatic carboxylic acids is 1. The highest BCUT2D eigenvalue weighted by Gasteiger charge is 2.34. The molecule has 206 valence electrons. The van der Waals surface area contributed by atoms with Crippen LogP contribution in [0.4, 0.5) is 13.2 Å². The number of rotatable bonds is 12. The number of carboxylic acids is 1. The van der Waals surface area contributed by atoms with E-state index >= 15 is 0 Å². The Morgan fingerprint density at radius 1 is 1.16 bits per heavy atom. The van der Waals surface area contributed by atoms with Crippen LogP contribution in [0.3, 0.4) is 0 Å². The van der Waals surface area contributed by atoms with Crippen molar-refractivity contribution in [1.29, 1.82) is 0 Å². The van der Waals surface area contributed by atoms with Crippen LogP contribution in [0.5, 0.6) is 5.75 Å². The fourth-order valence-corrected chi connectivity index (χ4v) is 4.40. The summed E-state index contributed by atoms with van der Waals surface area (Å²) >= 11 is 6.18. The first-order valence-corrected chi connectivity index (χ1v) is 12.3. The van der Waals surface area contributed by atoms with E-state index in [9.17, 15) is 18.0 Å². The van der Waals surface area contributed by atoms with E-state index in [0.29, 0.717) is 43.0 Å². The molecule has 1 heterocycles. The lowest BCUT2D eigenvalue weighted by Gasteiger charge is -2.27. The summed E-state index contributed by atoms with van der Waals surface area (Å²) in [6.07, 6.45) is -2.26. The number of hydrogen-bond donors (Lipinski definition) is 1. The molecule has 0 saturated carbocycles. The van der Waals surface area contributed by atoms with Crippen molar-refractivity contribution in [3.05, 3.63) is 93.8 Å². The first-order chi connectivity index (χ1) is 17.5. The van der Waals surface area contributed by atoms with Crippen molar-refractivity contribution in [1.82, 2.24) is 9.88 Å². The molecule has 0 fully saturated rings. The molecule has 0 bridgehead atoms. The van der Waals surface area contributed by atoms with Crippen LogP contribution in [0, 0.1) is 6.92 Å². The fourth-order valence-electron chi connectivity index (χ4n) is 4.10. The van der Waals surface area contributed by atoms with E-state index in [1.54, 1.807) is 36.5 Å². The number of benzene rings is 2. The Bertz CT molecular complexity index is 1210. The van der Waals surface area contributed by atoms with E-state index in [4.69, 9.17) is 21.4 Å². The molecule has 0 saturated heterocycles. The Hall–Kier alpha value is -2.81. The van der Waals surface area contributed by atoms with Gasteiger partial charge in [-0.2, -0.15) is 13.2 Å². The van der Waals surface area contributed by atoms with Gasteiger partial charge < -0.3 is 9.84 Å². The highest BCUT2D eigenvalue weighted by molar-refractivity contribution is 6.32. The number of pyridine rings is 1. The summed E-state index contributed by atoms with van der Waals surface area (Å²) in [5.74, 6) is -0.306. The Morgan fingerprint density at radius 3 is 2.58 bits per heavy atom. The minimum Gasteiger partial charge on any atom is -0.494 e. The number of ether oxygens (including phenoxy) is 1. The van der Waals surface area contributed by atoms with Crippen LogP contribution in [-0.2, 0) is 23.9 Å². The number of nitrogens with zero attached hydrogens (tertiary/aromatic N) is 2. The lowest BCUT2D eigenvalue weighted by Crippen LogP contribution is -2.30. The average molecular weight is 571 g/mol. The summed E-state index contributed by atoms with van der Waals surface area (Å²) in [6.45, 7) is 5.75. The van der Waals surface area contributed by atoms with Gasteiger partial charge in [0.05, 0.1) is 23.6 Å². The van der Waals surface area contributed by atoms with Crippen molar-refractivity contribution in [3.63, 3.8) is 0 Å². The predicted molar refractivity (Wildman–Crippen MR) is 144 cm³/mol.